The molecule has 0 aliphatic heterocycles. The monoisotopic (exact) mass is 475 g/mol. The first-order chi connectivity index (χ1) is 16.5. The third kappa shape index (κ3) is 5.41. The molecule has 1 heterocycles. The van der Waals surface area contributed by atoms with Gasteiger partial charge in [0.15, 0.2) is 11.0 Å². The Bertz CT molecular complexity index is 1290. The number of aromatic nitrogens is 3. The molecule has 0 saturated heterocycles. The molecule has 4 rings (SSSR count). The lowest BCUT2D eigenvalue weighted by Crippen LogP contribution is -2.24. The van der Waals surface area contributed by atoms with Gasteiger partial charge in [0.2, 0.25) is 0 Å². The highest BCUT2D eigenvalue weighted by Gasteiger charge is 2.17. The highest BCUT2D eigenvalue weighted by molar-refractivity contribution is 7.98. The van der Waals surface area contributed by atoms with Crippen LogP contribution in [0.3, 0.4) is 0 Å². The molecule has 0 atom stereocenters. The number of amides is 1. The maximum atomic E-state index is 12.7. The number of nitrogens with one attached hydrogen (secondary N) is 1. The van der Waals surface area contributed by atoms with Crippen LogP contribution in [-0.2, 0) is 12.3 Å². The smallest absolute Gasteiger partial charge is 0.269 e. The Morgan fingerprint density at radius 1 is 1.06 bits per heavy atom. The van der Waals surface area contributed by atoms with Crippen molar-refractivity contribution in [2.24, 2.45) is 0 Å². The average molecular weight is 476 g/mol. The molecule has 172 valence electrons. The molecule has 0 fully saturated rings. The molecule has 0 unspecified atom stereocenters. The normalized spacial score (nSPS) is 10.6. The molecule has 1 amide bonds. The Hall–Kier alpha value is -4.18. The zero-order valence-corrected chi connectivity index (χ0v) is 19.1. The average Bonchev–Trinajstić information content (AvgIpc) is 3.29. The van der Waals surface area contributed by atoms with E-state index < -0.39 is 4.92 Å². The van der Waals surface area contributed by atoms with Gasteiger partial charge in [0.05, 0.1) is 18.6 Å². The number of nitro benzene ring substituents is 1. The van der Waals surface area contributed by atoms with E-state index in [4.69, 9.17) is 4.74 Å². The van der Waals surface area contributed by atoms with Crippen molar-refractivity contribution >= 4 is 23.4 Å². The SMILES string of the molecule is COc1cccc(C(=O)NCc2nnc(SCc3ccccc3)n2-c2ccc([N+](=O)[O-])cc2)c1. The summed E-state index contributed by atoms with van der Waals surface area (Å²) in [5, 5.41) is 23.1. The highest BCUT2D eigenvalue weighted by Crippen LogP contribution is 2.26. The summed E-state index contributed by atoms with van der Waals surface area (Å²) in [6.45, 7) is 0.117. The van der Waals surface area contributed by atoms with Crippen LogP contribution in [0, 0.1) is 10.1 Å². The molecule has 9 nitrogen and oxygen atoms in total. The predicted molar refractivity (Wildman–Crippen MR) is 128 cm³/mol. The van der Waals surface area contributed by atoms with Gasteiger partial charge in [0, 0.05) is 29.1 Å². The van der Waals surface area contributed by atoms with E-state index in [2.05, 4.69) is 15.5 Å². The molecule has 0 aliphatic carbocycles. The lowest BCUT2D eigenvalue weighted by Gasteiger charge is -2.11. The molecule has 0 radical (unpaired) electrons. The topological polar surface area (TPSA) is 112 Å². The first-order valence-electron chi connectivity index (χ1n) is 10.3. The highest BCUT2D eigenvalue weighted by atomic mass is 32.2. The van der Waals surface area contributed by atoms with Gasteiger partial charge in [-0.3, -0.25) is 19.5 Å². The summed E-state index contributed by atoms with van der Waals surface area (Å²) >= 11 is 1.49. The second-order valence-electron chi connectivity index (χ2n) is 7.20. The van der Waals surface area contributed by atoms with E-state index in [1.54, 1.807) is 48.1 Å². The first kappa shape index (κ1) is 23.0. The van der Waals surface area contributed by atoms with Crippen molar-refractivity contribution in [3.8, 4) is 11.4 Å². The summed E-state index contributed by atoms with van der Waals surface area (Å²) in [6.07, 6.45) is 0. The van der Waals surface area contributed by atoms with Crippen LogP contribution < -0.4 is 10.1 Å². The van der Waals surface area contributed by atoms with Gasteiger partial charge in [0.25, 0.3) is 11.6 Å². The fourth-order valence-electron chi connectivity index (χ4n) is 3.24. The summed E-state index contributed by atoms with van der Waals surface area (Å²) in [5.74, 6) is 1.47. The van der Waals surface area contributed by atoms with E-state index in [0.717, 1.165) is 5.56 Å². The first-order valence-corrected chi connectivity index (χ1v) is 11.3. The lowest BCUT2D eigenvalue weighted by molar-refractivity contribution is -0.384. The van der Waals surface area contributed by atoms with Crippen LogP contribution >= 0.6 is 11.8 Å². The summed E-state index contributed by atoms with van der Waals surface area (Å²) in [6, 6.07) is 22.9. The van der Waals surface area contributed by atoms with E-state index in [-0.39, 0.29) is 18.1 Å². The second kappa shape index (κ2) is 10.6. The van der Waals surface area contributed by atoms with Gasteiger partial charge in [0.1, 0.15) is 5.75 Å². The summed E-state index contributed by atoms with van der Waals surface area (Å²) < 4.78 is 6.98. The molecule has 10 heteroatoms. The maximum Gasteiger partial charge on any atom is 0.269 e. The van der Waals surface area contributed by atoms with Gasteiger partial charge in [-0.1, -0.05) is 48.2 Å². The fraction of sp³-hybridized carbons (Fsp3) is 0.125. The van der Waals surface area contributed by atoms with Crippen LogP contribution in [0.25, 0.3) is 5.69 Å². The van der Waals surface area contributed by atoms with Crippen molar-refractivity contribution in [2.45, 2.75) is 17.5 Å². The van der Waals surface area contributed by atoms with E-state index in [1.807, 2.05) is 30.3 Å². The number of benzene rings is 3. The van der Waals surface area contributed by atoms with E-state index in [0.29, 0.717) is 33.7 Å². The zero-order valence-electron chi connectivity index (χ0n) is 18.2. The van der Waals surface area contributed by atoms with Crippen molar-refractivity contribution in [3.05, 3.63) is 106 Å². The van der Waals surface area contributed by atoms with Crippen molar-refractivity contribution in [2.75, 3.05) is 7.11 Å². The molecule has 0 aliphatic rings. The van der Waals surface area contributed by atoms with Crippen molar-refractivity contribution in [1.82, 2.24) is 20.1 Å². The zero-order chi connectivity index (χ0) is 23.9. The number of nitrogens with zero attached hydrogens (tertiary/aromatic N) is 4. The number of rotatable bonds is 9. The number of hydrogen-bond acceptors (Lipinski definition) is 7. The number of nitro groups is 1. The van der Waals surface area contributed by atoms with Gasteiger partial charge < -0.3 is 10.1 Å². The van der Waals surface area contributed by atoms with Crippen LogP contribution in [-0.4, -0.2) is 32.7 Å². The Balaban J connectivity index is 1.58. The predicted octanol–water partition coefficient (Wildman–Crippen LogP) is 4.41. The van der Waals surface area contributed by atoms with Gasteiger partial charge in [-0.05, 0) is 35.9 Å². The van der Waals surface area contributed by atoms with Crippen LogP contribution in [0.15, 0.2) is 84.0 Å². The standard InChI is InChI=1S/C24H21N5O4S/c1-33-21-9-5-8-18(14-21)23(30)25-15-22-26-27-24(34-16-17-6-3-2-4-7-17)28(22)19-10-12-20(13-11-19)29(31)32/h2-14H,15-16H2,1H3,(H,25,30). The Morgan fingerprint density at radius 2 is 1.82 bits per heavy atom. The van der Waals surface area contributed by atoms with Gasteiger partial charge >= 0.3 is 0 Å². The number of ether oxygens (including phenoxy) is 1. The molecule has 0 bridgehead atoms. The minimum absolute atomic E-state index is 0.0109. The number of non-ortho nitro benzene ring substituents is 1. The number of methoxy groups -OCH3 is 1. The largest absolute Gasteiger partial charge is 0.497 e. The van der Waals surface area contributed by atoms with Crippen LogP contribution in [0.5, 0.6) is 5.75 Å². The third-order valence-electron chi connectivity index (χ3n) is 4.97. The van der Waals surface area contributed by atoms with Crippen molar-refractivity contribution < 1.29 is 14.5 Å². The van der Waals surface area contributed by atoms with Gasteiger partial charge in [-0.2, -0.15) is 0 Å². The molecule has 1 aromatic heterocycles. The minimum Gasteiger partial charge on any atom is -0.497 e. The van der Waals surface area contributed by atoms with Crippen molar-refractivity contribution in [3.63, 3.8) is 0 Å². The number of carbonyl (C=O) groups excluding carboxylic acids is 1. The van der Waals surface area contributed by atoms with E-state index >= 15 is 0 Å². The van der Waals surface area contributed by atoms with Crippen LogP contribution in [0.2, 0.25) is 0 Å². The fourth-order valence-corrected chi connectivity index (χ4v) is 4.17. The Labute approximate surface area is 199 Å². The lowest BCUT2D eigenvalue weighted by atomic mass is 10.2. The van der Waals surface area contributed by atoms with Crippen LogP contribution in [0.4, 0.5) is 5.69 Å². The molecule has 4 aromatic rings. The summed E-state index contributed by atoms with van der Waals surface area (Å²) in [4.78, 5) is 23.3. The van der Waals surface area contributed by atoms with Crippen molar-refractivity contribution in [1.29, 1.82) is 0 Å². The van der Waals surface area contributed by atoms with Crippen LogP contribution in [0.1, 0.15) is 21.7 Å². The number of carbonyl (C=O) groups is 1. The molecule has 0 spiro atoms. The molecule has 3 aromatic carbocycles. The Morgan fingerprint density at radius 3 is 2.53 bits per heavy atom. The number of thioether (sulfide) groups is 1. The van der Waals surface area contributed by atoms with Gasteiger partial charge in [-0.25, -0.2) is 0 Å². The quantitative estimate of drug-likeness (QED) is 0.217. The Kier molecular flexibility index (Phi) is 7.19. The molecule has 34 heavy (non-hydrogen) atoms. The van der Waals surface area contributed by atoms with E-state index in [9.17, 15) is 14.9 Å². The van der Waals surface area contributed by atoms with Gasteiger partial charge in [-0.15, -0.1) is 10.2 Å². The summed E-state index contributed by atoms with van der Waals surface area (Å²) in [5.41, 5.74) is 2.23. The molecule has 1 N–H and O–H groups in total. The number of hydrogen-bond donors (Lipinski definition) is 1. The molecular weight excluding hydrogens is 454 g/mol. The summed E-state index contributed by atoms with van der Waals surface area (Å²) in [7, 11) is 1.54. The minimum atomic E-state index is -0.448. The molecular formula is C24H21N5O4S. The van der Waals surface area contributed by atoms with E-state index in [1.165, 1.54) is 23.9 Å². The second-order valence-corrected chi connectivity index (χ2v) is 8.14. The maximum absolute atomic E-state index is 12.7. The third-order valence-corrected chi connectivity index (χ3v) is 5.97. The molecule has 0 saturated carbocycles.